The number of ether oxygens (including phenoxy) is 1. The smallest absolute Gasteiger partial charge is 0.236 e. The summed E-state index contributed by atoms with van der Waals surface area (Å²) in [5.41, 5.74) is 3.11. The average molecular weight is 432 g/mol. The molecule has 2 bridgehead atoms. The van der Waals surface area contributed by atoms with Crippen molar-refractivity contribution in [2.24, 2.45) is 0 Å². The molecule has 0 aliphatic carbocycles. The fourth-order valence-electron chi connectivity index (χ4n) is 5.65. The maximum Gasteiger partial charge on any atom is 0.236 e. The second kappa shape index (κ2) is 8.44. The SMILES string of the molecule is COc1cccc2c1CCN(CC(=O)N1CC3CC[C@@H](C1)N3c1ccc(C#N)cn1)C2C. The number of anilines is 1. The van der Waals surface area contributed by atoms with Gasteiger partial charge in [0.15, 0.2) is 0 Å². The lowest BCUT2D eigenvalue weighted by Crippen LogP contribution is -2.57. The van der Waals surface area contributed by atoms with Crippen molar-refractivity contribution in [3.05, 3.63) is 53.2 Å². The van der Waals surface area contributed by atoms with Crippen LogP contribution in [-0.4, -0.2) is 66.1 Å². The Morgan fingerprint density at radius 1 is 1.22 bits per heavy atom. The summed E-state index contributed by atoms with van der Waals surface area (Å²) in [4.78, 5) is 24.5. The van der Waals surface area contributed by atoms with Crippen LogP contribution in [0.5, 0.6) is 5.75 Å². The molecule has 32 heavy (non-hydrogen) atoms. The number of amides is 1. The largest absolute Gasteiger partial charge is 0.496 e. The molecule has 3 atom stereocenters. The minimum absolute atomic E-state index is 0.193. The zero-order valence-corrected chi connectivity index (χ0v) is 18.7. The first kappa shape index (κ1) is 20.8. The van der Waals surface area contributed by atoms with Crippen molar-refractivity contribution < 1.29 is 9.53 Å². The van der Waals surface area contributed by atoms with Gasteiger partial charge in [-0.1, -0.05) is 12.1 Å². The van der Waals surface area contributed by atoms with E-state index in [4.69, 9.17) is 10.00 Å². The highest BCUT2D eigenvalue weighted by Crippen LogP contribution is 2.36. The number of pyridine rings is 1. The Balaban J connectivity index is 1.25. The van der Waals surface area contributed by atoms with Gasteiger partial charge in [0.05, 0.1) is 19.2 Å². The molecular formula is C25H29N5O2. The van der Waals surface area contributed by atoms with Crippen LogP contribution in [0.4, 0.5) is 5.82 Å². The van der Waals surface area contributed by atoms with E-state index in [2.05, 4.69) is 38.7 Å². The lowest BCUT2D eigenvalue weighted by atomic mass is 9.92. The van der Waals surface area contributed by atoms with E-state index in [-0.39, 0.29) is 11.9 Å². The summed E-state index contributed by atoms with van der Waals surface area (Å²) >= 11 is 0. The number of carbonyl (C=O) groups is 1. The van der Waals surface area contributed by atoms with Gasteiger partial charge in [0.2, 0.25) is 5.91 Å². The fourth-order valence-corrected chi connectivity index (χ4v) is 5.65. The molecule has 1 aromatic heterocycles. The molecule has 1 amide bonds. The van der Waals surface area contributed by atoms with E-state index in [1.165, 1.54) is 11.1 Å². The van der Waals surface area contributed by atoms with Crippen molar-refractivity contribution >= 4 is 11.7 Å². The molecule has 7 nitrogen and oxygen atoms in total. The molecule has 3 aliphatic heterocycles. The summed E-state index contributed by atoms with van der Waals surface area (Å²) in [6.07, 6.45) is 4.68. The monoisotopic (exact) mass is 431 g/mol. The molecule has 3 aliphatic rings. The molecule has 1 aromatic carbocycles. The third-order valence-corrected chi connectivity index (χ3v) is 7.35. The average Bonchev–Trinajstić information content (AvgIpc) is 3.09. The summed E-state index contributed by atoms with van der Waals surface area (Å²) in [6, 6.07) is 12.9. The second-order valence-electron chi connectivity index (χ2n) is 9.03. The molecule has 7 heteroatoms. The first-order valence-electron chi connectivity index (χ1n) is 11.4. The number of fused-ring (bicyclic) bond motifs is 3. The Hall–Kier alpha value is -3.11. The van der Waals surface area contributed by atoms with Crippen LogP contribution in [0, 0.1) is 11.3 Å². The first-order valence-corrected chi connectivity index (χ1v) is 11.4. The molecule has 0 radical (unpaired) electrons. The Labute approximate surface area is 189 Å². The van der Waals surface area contributed by atoms with E-state index in [0.29, 0.717) is 24.2 Å². The normalized spacial score (nSPS) is 24.7. The zero-order chi connectivity index (χ0) is 22.2. The van der Waals surface area contributed by atoms with Gasteiger partial charge in [-0.2, -0.15) is 5.26 Å². The molecule has 2 fully saturated rings. The molecule has 4 heterocycles. The third-order valence-electron chi connectivity index (χ3n) is 7.35. The summed E-state index contributed by atoms with van der Waals surface area (Å²) in [6.45, 7) is 4.98. The molecule has 2 saturated heterocycles. The number of rotatable bonds is 4. The first-order chi connectivity index (χ1) is 15.6. The number of aromatic nitrogens is 1. The molecule has 2 unspecified atom stereocenters. The number of methoxy groups -OCH3 is 1. The number of hydrogen-bond donors (Lipinski definition) is 0. The number of nitrogens with zero attached hydrogens (tertiary/aromatic N) is 5. The van der Waals surface area contributed by atoms with E-state index < -0.39 is 0 Å². The number of piperazine rings is 1. The fraction of sp³-hybridized carbons (Fsp3) is 0.480. The number of likely N-dealkylation sites (tertiary alicyclic amines) is 1. The summed E-state index contributed by atoms with van der Waals surface area (Å²) < 4.78 is 5.54. The van der Waals surface area contributed by atoms with Crippen LogP contribution in [0.3, 0.4) is 0 Å². The van der Waals surface area contributed by atoms with Crippen molar-refractivity contribution in [3.63, 3.8) is 0 Å². The van der Waals surface area contributed by atoms with Crippen LogP contribution in [0.15, 0.2) is 36.5 Å². The molecule has 0 N–H and O–H groups in total. The second-order valence-corrected chi connectivity index (χ2v) is 9.03. The van der Waals surface area contributed by atoms with Gasteiger partial charge in [0.1, 0.15) is 17.6 Å². The van der Waals surface area contributed by atoms with E-state index in [1.807, 2.05) is 24.3 Å². The number of benzene rings is 1. The number of hydrogen-bond acceptors (Lipinski definition) is 6. The Bertz CT molecular complexity index is 1030. The number of carbonyl (C=O) groups excluding carboxylic acids is 1. The lowest BCUT2D eigenvalue weighted by Gasteiger charge is -2.43. The standard InChI is InChI=1S/C25H29N5O2/c1-17-21-4-3-5-23(32-2)22(21)10-11-28(17)16-25(31)29-14-19-7-8-20(15-29)30(19)24-9-6-18(12-26)13-27-24/h3-6,9,13,17,19-20H,7-8,10-11,14-16H2,1-2H3/t17?,19-,20?/m0/s1. The maximum absolute atomic E-state index is 13.3. The predicted octanol–water partition coefficient (Wildman–Crippen LogP) is 2.76. The topological polar surface area (TPSA) is 72.7 Å². The van der Waals surface area contributed by atoms with Gasteiger partial charge in [-0.15, -0.1) is 0 Å². The van der Waals surface area contributed by atoms with Gasteiger partial charge in [-0.05, 0) is 49.9 Å². The minimum atomic E-state index is 0.193. The molecular weight excluding hydrogens is 402 g/mol. The molecule has 2 aromatic rings. The zero-order valence-electron chi connectivity index (χ0n) is 18.7. The van der Waals surface area contributed by atoms with Crippen LogP contribution < -0.4 is 9.64 Å². The van der Waals surface area contributed by atoms with Crippen LogP contribution in [-0.2, 0) is 11.2 Å². The van der Waals surface area contributed by atoms with Gasteiger partial charge >= 0.3 is 0 Å². The maximum atomic E-state index is 13.3. The van der Waals surface area contributed by atoms with Crippen molar-refractivity contribution in [1.82, 2.24) is 14.8 Å². The third kappa shape index (κ3) is 3.59. The number of nitriles is 1. The van der Waals surface area contributed by atoms with E-state index >= 15 is 0 Å². The highest BCUT2D eigenvalue weighted by molar-refractivity contribution is 5.79. The van der Waals surface area contributed by atoms with Crippen molar-refractivity contribution in [3.8, 4) is 11.8 Å². The van der Waals surface area contributed by atoms with Gasteiger partial charge in [-0.3, -0.25) is 9.69 Å². The van der Waals surface area contributed by atoms with Gasteiger partial charge in [0.25, 0.3) is 0 Å². The quantitative estimate of drug-likeness (QED) is 0.741. The molecule has 0 saturated carbocycles. The molecule has 166 valence electrons. The summed E-state index contributed by atoms with van der Waals surface area (Å²) in [5.74, 6) is 2.08. The minimum Gasteiger partial charge on any atom is -0.496 e. The van der Waals surface area contributed by atoms with Gasteiger partial charge in [0, 0.05) is 49.5 Å². The Morgan fingerprint density at radius 2 is 2.00 bits per heavy atom. The van der Waals surface area contributed by atoms with Crippen molar-refractivity contribution in [1.29, 1.82) is 5.26 Å². The van der Waals surface area contributed by atoms with E-state index in [0.717, 1.165) is 50.5 Å². The van der Waals surface area contributed by atoms with Crippen LogP contribution in [0.25, 0.3) is 0 Å². The van der Waals surface area contributed by atoms with Crippen LogP contribution >= 0.6 is 0 Å². The van der Waals surface area contributed by atoms with Crippen LogP contribution in [0.1, 0.15) is 42.5 Å². The summed E-state index contributed by atoms with van der Waals surface area (Å²) in [5, 5.41) is 9.03. The Kier molecular flexibility index (Phi) is 5.48. The highest BCUT2D eigenvalue weighted by Gasteiger charge is 2.42. The van der Waals surface area contributed by atoms with Crippen molar-refractivity contribution in [2.45, 2.75) is 44.3 Å². The summed E-state index contributed by atoms with van der Waals surface area (Å²) in [7, 11) is 1.72. The van der Waals surface area contributed by atoms with Gasteiger partial charge in [-0.25, -0.2) is 4.98 Å². The lowest BCUT2D eigenvalue weighted by molar-refractivity contribution is -0.134. The van der Waals surface area contributed by atoms with Crippen molar-refractivity contribution in [2.75, 3.05) is 38.2 Å². The van der Waals surface area contributed by atoms with Gasteiger partial charge < -0.3 is 14.5 Å². The predicted molar refractivity (Wildman–Crippen MR) is 122 cm³/mol. The van der Waals surface area contributed by atoms with Crippen LogP contribution in [0.2, 0.25) is 0 Å². The van der Waals surface area contributed by atoms with E-state index in [1.54, 1.807) is 13.3 Å². The molecule has 0 spiro atoms. The Morgan fingerprint density at radius 3 is 2.66 bits per heavy atom. The van der Waals surface area contributed by atoms with E-state index in [9.17, 15) is 4.79 Å². The molecule has 5 rings (SSSR count). The highest BCUT2D eigenvalue weighted by atomic mass is 16.5.